The molecule has 75 heavy (non-hydrogen) atoms. The van der Waals surface area contributed by atoms with Gasteiger partial charge in [0.25, 0.3) is 0 Å². The third kappa shape index (κ3) is 6.25. The van der Waals surface area contributed by atoms with Gasteiger partial charge in [-0.2, -0.15) is 0 Å². The lowest BCUT2D eigenvalue weighted by Crippen LogP contribution is -2.41. The van der Waals surface area contributed by atoms with E-state index in [1.807, 2.05) is 0 Å². The van der Waals surface area contributed by atoms with Crippen molar-refractivity contribution in [3.8, 4) is 67.9 Å². The molecule has 0 fully saturated rings. The number of benzene rings is 13. The maximum absolute atomic E-state index is 7.24. The number of fused-ring (bicyclic) bond motifs is 12. The van der Waals surface area contributed by atoms with E-state index in [2.05, 4.69) is 237 Å². The van der Waals surface area contributed by atoms with E-state index < -0.39 is 21.4 Å². The summed E-state index contributed by atoms with van der Waals surface area (Å²) in [5.74, 6) is 2.36. The minimum atomic E-state index is -0.904. The smallest absolute Gasteiger partial charge is 0.516 e. The Morgan fingerprint density at radius 3 is 0.520 bits per heavy atom. The van der Waals surface area contributed by atoms with Crippen LogP contribution in [-0.4, -0.2) is 21.4 Å². The molecule has 0 spiro atoms. The Balaban J connectivity index is 0.906. The molecule has 0 N–H and O–H groups in total. The predicted molar refractivity (Wildman–Crippen MR) is 307 cm³/mol. The molecule has 0 amide bonds. The quantitative estimate of drug-likeness (QED) is 0.122. The number of rotatable bonds is 6. The molecule has 6 nitrogen and oxygen atoms in total. The highest BCUT2D eigenvalue weighted by molar-refractivity contribution is 6.73. The van der Waals surface area contributed by atoms with Crippen LogP contribution in [0.15, 0.2) is 237 Å². The van der Waals surface area contributed by atoms with Crippen molar-refractivity contribution in [1.82, 2.24) is 0 Å². The standard InChI is InChI=1S/C66H39B3O6/c1-4-22-40(23-5-1)55-43-28-10-16-34-49(43)58(50-35-17-11-29-44(50)55)67-70-61-62(71-67)64-66(75-69(73-64)60-53-38-20-14-32-47(53)57(42-26-8-3-9-27-42)48-33-15-21-39-54(48)60)65-63(61)72-68(74-65)59-51-36-18-12-30-45(51)56(41-24-6-2-7-25-41)46-31-13-19-37-52(46)59/h1-39H. The van der Waals surface area contributed by atoms with Gasteiger partial charge in [-0.25, -0.2) is 0 Å². The fourth-order valence-corrected chi connectivity index (χ4v) is 12.3. The van der Waals surface area contributed by atoms with Gasteiger partial charge in [0.1, 0.15) is 0 Å². The molecule has 0 atom stereocenters. The molecular weight excluding hydrogens is 921 g/mol. The van der Waals surface area contributed by atoms with Crippen LogP contribution in [0.1, 0.15) is 0 Å². The summed E-state index contributed by atoms with van der Waals surface area (Å²) in [5, 5.41) is 12.6. The minimum Gasteiger partial charge on any atom is -0.516 e. The number of hydrogen-bond acceptors (Lipinski definition) is 6. The molecule has 13 aromatic rings. The average Bonchev–Trinajstić information content (AvgIpc) is 4.24. The molecule has 9 heteroatoms. The lowest BCUT2D eigenvalue weighted by molar-refractivity contribution is 0.488. The van der Waals surface area contributed by atoms with Crippen LogP contribution in [0.3, 0.4) is 0 Å². The SMILES string of the molecule is c1ccc(-c2c3ccccc3c(B3Oc4c5c(c6c(c4O3)OB(c3c4ccccc4c(-c4ccccc4)c4ccccc34)O6)OB(c3c4ccccc4c(-c4ccccc4)c4ccccc34)O5)c3ccccc23)cc1. The fraction of sp³-hybridized carbons (Fsp3) is 0. The molecule has 0 aliphatic carbocycles. The highest BCUT2D eigenvalue weighted by Crippen LogP contribution is 2.64. The van der Waals surface area contributed by atoms with Gasteiger partial charge in [0.05, 0.1) is 0 Å². The van der Waals surface area contributed by atoms with Crippen LogP contribution >= 0.6 is 0 Å². The Labute approximate surface area is 432 Å². The second-order valence-corrected chi connectivity index (χ2v) is 19.4. The molecule has 0 saturated heterocycles. The van der Waals surface area contributed by atoms with Gasteiger partial charge in [0.2, 0.25) is 0 Å². The average molecular weight is 960 g/mol. The van der Waals surface area contributed by atoms with E-state index in [1.165, 1.54) is 0 Å². The second-order valence-electron chi connectivity index (χ2n) is 19.4. The van der Waals surface area contributed by atoms with Crippen molar-refractivity contribution >= 4 is 102 Å². The molecule has 348 valence electrons. The fourth-order valence-electron chi connectivity index (χ4n) is 12.3. The van der Waals surface area contributed by atoms with Crippen LogP contribution in [0.4, 0.5) is 0 Å². The first kappa shape index (κ1) is 42.0. The van der Waals surface area contributed by atoms with Crippen LogP contribution < -0.4 is 44.3 Å². The van der Waals surface area contributed by atoms with Gasteiger partial charge in [0, 0.05) is 16.4 Å². The zero-order valence-corrected chi connectivity index (χ0v) is 40.2. The van der Waals surface area contributed by atoms with Crippen molar-refractivity contribution in [3.05, 3.63) is 237 Å². The Hall–Kier alpha value is -9.59. The summed E-state index contributed by atoms with van der Waals surface area (Å²) in [6.07, 6.45) is 0. The van der Waals surface area contributed by atoms with Gasteiger partial charge in [-0.15, -0.1) is 0 Å². The van der Waals surface area contributed by atoms with Crippen LogP contribution in [0.25, 0.3) is 98.0 Å². The first-order valence-electron chi connectivity index (χ1n) is 25.5. The lowest BCUT2D eigenvalue weighted by atomic mass is 9.71. The summed E-state index contributed by atoms with van der Waals surface area (Å²) in [5.41, 5.74) is 9.53. The van der Waals surface area contributed by atoms with E-state index in [9.17, 15) is 0 Å². The van der Waals surface area contributed by atoms with Gasteiger partial charge in [-0.1, -0.05) is 237 Å². The Kier molecular flexibility index (Phi) is 9.22. The largest absolute Gasteiger partial charge is 0.634 e. The van der Waals surface area contributed by atoms with Gasteiger partial charge in [-0.05, 0) is 98.0 Å². The Bertz CT molecular complexity index is 3820. The molecule has 3 aliphatic rings. The molecule has 0 bridgehead atoms. The molecule has 3 aliphatic heterocycles. The summed E-state index contributed by atoms with van der Waals surface area (Å²) >= 11 is 0. The van der Waals surface area contributed by atoms with Crippen molar-refractivity contribution < 1.29 is 27.9 Å². The maximum Gasteiger partial charge on any atom is 0.634 e. The van der Waals surface area contributed by atoms with Gasteiger partial charge in [0.15, 0.2) is 34.5 Å². The molecule has 0 radical (unpaired) electrons. The summed E-state index contributed by atoms with van der Waals surface area (Å²) in [6.45, 7) is 0. The van der Waals surface area contributed by atoms with Gasteiger partial charge < -0.3 is 27.9 Å². The number of hydrogen-bond donors (Lipinski definition) is 0. The molecule has 0 unspecified atom stereocenters. The third-order valence-corrected chi connectivity index (χ3v) is 15.4. The highest BCUT2D eigenvalue weighted by atomic mass is 16.7. The summed E-state index contributed by atoms with van der Waals surface area (Å²) in [4.78, 5) is 0. The molecule has 16 rings (SSSR count). The first-order chi connectivity index (χ1) is 37.2. The zero-order valence-electron chi connectivity index (χ0n) is 40.2. The maximum atomic E-state index is 7.24. The molecular formula is C66H39B3O6. The molecule has 3 heterocycles. The Morgan fingerprint density at radius 1 is 0.173 bits per heavy atom. The van der Waals surface area contributed by atoms with E-state index >= 15 is 0 Å². The van der Waals surface area contributed by atoms with Crippen LogP contribution in [-0.2, 0) is 0 Å². The van der Waals surface area contributed by atoms with E-state index in [0.29, 0.717) is 34.5 Å². The van der Waals surface area contributed by atoms with Crippen LogP contribution in [0.5, 0.6) is 34.5 Å². The first-order valence-corrected chi connectivity index (χ1v) is 25.5. The topological polar surface area (TPSA) is 55.4 Å². The van der Waals surface area contributed by atoms with Crippen molar-refractivity contribution in [3.63, 3.8) is 0 Å². The van der Waals surface area contributed by atoms with Crippen molar-refractivity contribution in [1.29, 1.82) is 0 Å². The van der Waals surface area contributed by atoms with Crippen molar-refractivity contribution in [2.24, 2.45) is 0 Å². The van der Waals surface area contributed by atoms with E-state index in [0.717, 1.165) is 114 Å². The predicted octanol–water partition coefficient (Wildman–Crippen LogP) is 14.1. The highest BCUT2D eigenvalue weighted by Gasteiger charge is 2.53. The minimum absolute atomic E-state index is 0.393. The summed E-state index contributed by atoms with van der Waals surface area (Å²) in [7, 11) is -2.71. The van der Waals surface area contributed by atoms with Crippen LogP contribution in [0.2, 0.25) is 0 Å². The van der Waals surface area contributed by atoms with E-state index in [-0.39, 0.29) is 0 Å². The van der Waals surface area contributed by atoms with Crippen molar-refractivity contribution in [2.45, 2.75) is 0 Å². The summed E-state index contributed by atoms with van der Waals surface area (Å²) in [6, 6.07) is 82.8. The van der Waals surface area contributed by atoms with Crippen LogP contribution in [0, 0.1) is 0 Å². The molecule has 0 saturated carbocycles. The monoisotopic (exact) mass is 960 g/mol. The van der Waals surface area contributed by atoms with Gasteiger partial charge >= 0.3 is 21.4 Å². The molecule has 0 aromatic heterocycles. The molecule has 13 aromatic carbocycles. The Morgan fingerprint density at radius 2 is 0.333 bits per heavy atom. The van der Waals surface area contributed by atoms with E-state index in [1.54, 1.807) is 0 Å². The lowest BCUT2D eigenvalue weighted by Gasteiger charge is -2.18. The second kappa shape index (κ2) is 16.5. The third-order valence-electron chi connectivity index (χ3n) is 15.4. The zero-order chi connectivity index (χ0) is 49.1. The van der Waals surface area contributed by atoms with Crippen molar-refractivity contribution in [2.75, 3.05) is 0 Å². The normalized spacial score (nSPS) is 13.4. The van der Waals surface area contributed by atoms with Gasteiger partial charge in [-0.3, -0.25) is 0 Å². The van der Waals surface area contributed by atoms with E-state index in [4.69, 9.17) is 27.9 Å². The summed E-state index contributed by atoms with van der Waals surface area (Å²) < 4.78 is 43.5.